The molecule has 1 amide bonds. The van der Waals surface area contributed by atoms with Gasteiger partial charge in [-0.1, -0.05) is 25.1 Å². The summed E-state index contributed by atoms with van der Waals surface area (Å²) in [6, 6.07) is 13.3. The highest BCUT2D eigenvalue weighted by Crippen LogP contribution is 2.40. The molecule has 1 aromatic heterocycles. The van der Waals surface area contributed by atoms with Gasteiger partial charge in [0.05, 0.1) is 19.0 Å². The van der Waals surface area contributed by atoms with Gasteiger partial charge in [-0.2, -0.15) is 5.10 Å². The van der Waals surface area contributed by atoms with Crippen molar-refractivity contribution in [2.24, 2.45) is 0 Å². The maximum atomic E-state index is 12.4. The van der Waals surface area contributed by atoms with Crippen molar-refractivity contribution in [2.75, 3.05) is 12.4 Å². The van der Waals surface area contributed by atoms with Crippen LogP contribution in [0.1, 0.15) is 36.0 Å². The standard InChI is InChI=1S/C21H21N3O3/c1-3-13-5-4-6-15(9-13)24-21-17(12-22-24)16(11-20(26)23-21)14-7-8-18(25)19(10-14)27-2/h4-10,12,16,25H,3,11H2,1-2H3,(H,23,26). The van der Waals surface area contributed by atoms with E-state index in [-0.39, 0.29) is 17.6 Å². The van der Waals surface area contributed by atoms with Gasteiger partial charge >= 0.3 is 0 Å². The number of methoxy groups -OCH3 is 1. The molecule has 1 aliphatic rings. The van der Waals surface area contributed by atoms with E-state index in [1.807, 2.05) is 18.2 Å². The van der Waals surface area contributed by atoms with Gasteiger partial charge in [-0.25, -0.2) is 4.68 Å². The van der Waals surface area contributed by atoms with Crippen LogP contribution in [-0.2, 0) is 11.2 Å². The molecule has 0 radical (unpaired) electrons. The number of hydrogen-bond acceptors (Lipinski definition) is 4. The zero-order chi connectivity index (χ0) is 19.0. The number of amides is 1. The number of aromatic hydroxyl groups is 1. The molecule has 4 rings (SSSR count). The predicted octanol–water partition coefficient (Wildman–Crippen LogP) is 3.62. The molecule has 3 aromatic rings. The van der Waals surface area contributed by atoms with Crippen LogP contribution in [0.15, 0.2) is 48.7 Å². The predicted molar refractivity (Wildman–Crippen MR) is 103 cm³/mol. The third-order valence-corrected chi connectivity index (χ3v) is 4.99. The number of benzene rings is 2. The maximum absolute atomic E-state index is 12.4. The molecule has 0 fully saturated rings. The van der Waals surface area contributed by atoms with Crippen molar-refractivity contribution in [3.05, 3.63) is 65.4 Å². The highest BCUT2D eigenvalue weighted by molar-refractivity contribution is 5.94. The average Bonchev–Trinajstić information content (AvgIpc) is 3.11. The summed E-state index contributed by atoms with van der Waals surface area (Å²) >= 11 is 0. The molecule has 138 valence electrons. The molecule has 27 heavy (non-hydrogen) atoms. The van der Waals surface area contributed by atoms with Crippen LogP contribution in [-0.4, -0.2) is 27.9 Å². The molecule has 1 atom stereocenters. The zero-order valence-corrected chi connectivity index (χ0v) is 15.3. The average molecular weight is 363 g/mol. The Morgan fingerprint density at radius 1 is 1.30 bits per heavy atom. The van der Waals surface area contributed by atoms with E-state index in [0.29, 0.717) is 18.0 Å². The van der Waals surface area contributed by atoms with Crippen molar-refractivity contribution in [3.8, 4) is 17.2 Å². The Labute approximate surface area is 157 Å². The van der Waals surface area contributed by atoms with Crippen LogP contribution < -0.4 is 10.1 Å². The molecule has 1 aliphatic heterocycles. The summed E-state index contributed by atoms with van der Waals surface area (Å²) in [7, 11) is 1.51. The number of nitrogens with zero attached hydrogens (tertiary/aromatic N) is 2. The number of phenols is 1. The number of nitrogens with one attached hydrogen (secondary N) is 1. The van der Waals surface area contributed by atoms with Gasteiger partial charge in [0.1, 0.15) is 5.82 Å². The van der Waals surface area contributed by atoms with Gasteiger partial charge in [0.25, 0.3) is 0 Å². The minimum Gasteiger partial charge on any atom is -0.504 e. The molecule has 0 aliphatic carbocycles. The number of fused-ring (bicyclic) bond motifs is 1. The van der Waals surface area contributed by atoms with Crippen LogP contribution in [0, 0.1) is 0 Å². The first-order valence-electron chi connectivity index (χ1n) is 8.94. The molecule has 2 heterocycles. The van der Waals surface area contributed by atoms with Crippen LogP contribution >= 0.6 is 0 Å². The van der Waals surface area contributed by atoms with Crippen LogP contribution in [0.5, 0.6) is 11.5 Å². The molecule has 2 N–H and O–H groups in total. The topological polar surface area (TPSA) is 76.4 Å². The van der Waals surface area contributed by atoms with E-state index in [4.69, 9.17) is 4.74 Å². The highest BCUT2D eigenvalue weighted by Gasteiger charge is 2.30. The Kier molecular flexibility index (Phi) is 4.32. The van der Waals surface area contributed by atoms with Gasteiger partial charge in [0.2, 0.25) is 5.91 Å². The van der Waals surface area contributed by atoms with Gasteiger partial charge in [0.15, 0.2) is 11.5 Å². The second-order valence-corrected chi connectivity index (χ2v) is 6.62. The van der Waals surface area contributed by atoms with Gasteiger partial charge in [-0.3, -0.25) is 4.79 Å². The molecule has 2 aromatic carbocycles. The van der Waals surface area contributed by atoms with Crippen molar-refractivity contribution < 1.29 is 14.6 Å². The lowest BCUT2D eigenvalue weighted by Crippen LogP contribution is -2.24. The fourth-order valence-electron chi connectivity index (χ4n) is 3.53. The Morgan fingerprint density at radius 3 is 2.93 bits per heavy atom. The van der Waals surface area contributed by atoms with E-state index in [1.165, 1.54) is 12.7 Å². The van der Waals surface area contributed by atoms with E-state index in [1.54, 1.807) is 23.0 Å². The lowest BCUT2D eigenvalue weighted by molar-refractivity contribution is -0.116. The molecule has 0 bridgehead atoms. The van der Waals surface area contributed by atoms with Gasteiger partial charge in [-0.05, 0) is 41.8 Å². The summed E-state index contributed by atoms with van der Waals surface area (Å²) < 4.78 is 6.99. The number of phenolic OH excluding ortho intramolecular Hbond substituents is 1. The van der Waals surface area contributed by atoms with Crippen molar-refractivity contribution in [1.29, 1.82) is 0 Å². The van der Waals surface area contributed by atoms with E-state index < -0.39 is 0 Å². The van der Waals surface area contributed by atoms with E-state index in [0.717, 1.165) is 23.2 Å². The first-order chi connectivity index (χ1) is 13.1. The van der Waals surface area contributed by atoms with E-state index in [2.05, 4.69) is 29.5 Å². The number of ether oxygens (including phenoxy) is 1. The summed E-state index contributed by atoms with van der Waals surface area (Å²) in [6.07, 6.45) is 3.05. The quantitative estimate of drug-likeness (QED) is 0.742. The monoisotopic (exact) mass is 363 g/mol. The summed E-state index contributed by atoms with van der Waals surface area (Å²) in [6.45, 7) is 2.10. The van der Waals surface area contributed by atoms with Crippen LogP contribution in [0.3, 0.4) is 0 Å². The summed E-state index contributed by atoms with van der Waals surface area (Å²) in [4.78, 5) is 12.4. The fraction of sp³-hybridized carbons (Fsp3) is 0.238. The smallest absolute Gasteiger partial charge is 0.226 e. The van der Waals surface area contributed by atoms with Gasteiger partial charge in [-0.15, -0.1) is 0 Å². The van der Waals surface area contributed by atoms with Crippen molar-refractivity contribution in [3.63, 3.8) is 0 Å². The maximum Gasteiger partial charge on any atom is 0.226 e. The van der Waals surface area contributed by atoms with Crippen LogP contribution in [0.4, 0.5) is 5.82 Å². The van der Waals surface area contributed by atoms with Crippen molar-refractivity contribution >= 4 is 11.7 Å². The number of anilines is 1. The highest BCUT2D eigenvalue weighted by atomic mass is 16.5. The molecule has 6 heteroatoms. The first kappa shape index (κ1) is 17.1. The minimum atomic E-state index is -0.147. The lowest BCUT2D eigenvalue weighted by Gasteiger charge is -2.24. The second kappa shape index (κ2) is 6.79. The zero-order valence-electron chi connectivity index (χ0n) is 15.3. The van der Waals surface area contributed by atoms with Crippen LogP contribution in [0.2, 0.25) is 0 Å². The normalized spacial score (nSPS) is 15.9. The Morgan fingerprint density at radius 2 is 2.15 bits per heavy atom. The van der Waals surface area contributed by atoms with Gasteiger partial charge < -0.3 is 15.2 Å². The Balaban J connectivity index is 1.80. The largest absolute Gasteiger partial charge is 0.504 e. The minimum absolute atomic E-state index is 0.0621. The molecule has 0 saturated carbocycles. The van der Waals surface area contributed by atoms with Crippen molar-refractivity contribution in [2.45, 2.75) is 25.7 Å². The summed E-state index contributed by atoms with van der Waals surface area (Å²) in [5.74, 6) is 0.952. The SMILES string of the molecule is CCc1cccc(-n2ncc3c2NC(=O)CC3c2ccc(O)c(OC)c2)c1. The third-order valence-electron chi connectivity index (χ3n) is 4.99. The molecular formula is C21H21N3O3. The lowest BCUT2D eigenvalue weighted by atomic mass is 9.87. The Bertz CT molecular complexity index is 1010. The number of carbonyl (C=O) groups excluding carboxylic acids is 1. The number of rotatable bonds is 4. The van der Waals surface area contributed by atoms with Gasteiger partial charge in [0, 0.05) is 17.9 Å². The number of aryl methyl sites for hydroxylation is 1. The van der Waals surface area contributed by atoms with Crippen molar-refractivity contribution in [1.82, 2.24) is 9.78 Å². The van der Waals surface area contributed by atoms with Crippen LogP contribution in [0.25, 0.3) is 5.69 Å². The molecule has 6 nitrogen and oxygen atoms in total. The van der Waals surface area contributed by atoms with E-state index in [9.17, 15) is 9.90 Å². The third kappa shape index (κ3) is 3.03. The number of carbonyl (C=O) groups is 1. The number of aromatic nitrogens is 2. The first-order valence-corrected chi connectivity index (χ1v) is 8.94. The molecular weight excluding hydrogens is 342 g/mol. The molecule has 0 saturated heterocycles. The number of hydrogen-bond donors (Lipinski definition) is 2. The summed E-state index contributed by atoms with van der Waals surface area (Å²) in [5, 5.41) is 17.4. The molecule has 0 spiro atoms. The molecule has 1 unspecified atom stereocenters. The second-order valence-electron chi connectivity index (χ2n) is 6.62. The summed E-state index contributed by atoms with van der Waals surface area (Å²) in [5.41, 5.74) is 3.98. The fourth-order valence-corrected chi connectivity index (χ4v) is 3.53. The Hall–Kier alpha value is -3.28. The van der Waals surface area contributed by atoms with E-state index >= 15 is 0 Å².